The minimum atomic E-state index is -2.26. The average Bonchev–Trinajstić information content (AvgIpc) is 2.47. The molecule has 0 saturated carbocycles. The van der Waals surface area contributed by atoms with Crippen LogP contribution in [0.3, 0.4) is 0 Å². The summed E-state index contributed by atoms with van der Waals surface area (Å²) in [4.78, 5) is 22.9. The lowest BCUT2D eigenvalue weighted by molar-refractivity contribution is -0.557. The van der Waals surface area contributed by atoms with E-state index in [1.165, 1.54) is 24.3 Å². The van der Waals surface area contributed by atoms with Crippen molar-refractivity contribution in [1.29, 1.82) is 0 Å². The molecule has 0 bridgehead atoms. The van der Waals surface area contributed by atoms with Crippen LogP contribution in [-0.4, -0.2) is 10.7 Å². The van der Waals surface area contributed by atoms with Crippen LogP contribution in [0.5, 0.6) is 0 Å². The maximum absolute atomic E-state index is 12.3. The van der Waals surface area contributed by atoms with E-state index in [4.69, 9.17) is 5.73 Å². The second-order valence-corrected chi connectivity index (χ2v) is 4.08. The monoisotopic (exact) mass is 292 g/mol. The fraction of sp³-hybridized carbons (Fsp3) is 0.0714. The number of benzene rings is 2. The van der Waals surface area contributed by atoms with Gasteiger partial charge in [-0.1, -0.05) is 48.5 Å². The largest absolute Gasteiger partial charge is 0.361 e. The van der Waals surface area contributed by atoms with E-state index in [0.29, 0.717) is 0 Å². The Morgan fingerprint density at radius 1 is 1.00 bits per heavy atom. The van der Waals surface area contributed by atoms with Crippen molar-refractivity contribution in [2.75, 3.05) is 0 Å². The quantitative estimate of drug-likeness (QED) is 0.406. The number of halogens is 1. The molecule has 5 nitrogen and oxygen atoms in total. The third-order valence-corrected chi connectivity index (χ3v) is 2.88. The average molecular weight is 293 g/mol. The van der Waals surface area contributed by atoms with Crippen molar-refractivity contribution >= 4 is 18.2 Å². The first-order chi connectivity index (χ1) is 9.06. The van der Waals surface area contributed by atoms with Crippen molar-refractivity contribution < 1.29 is 9.72 Å². The number of rotatable bonds is 4. The van der Waals surface area contributed by atoms with Crippen LogP contribution in [0.25, 0.3) is 0 Å². The van der Waals surface area contributed by atoms with E-state index in [0.717, 1.165) is 0 Å². The lowest BCUT2D eigenvalue weighted by Gasteiger charge is -2.19. The number of carbonyl (C=O) groups is 1. The summed E-state index contributed by atoms with van der Waals surface area (Å²) in [6.45, 7) is 0. The number of Topliss-reactive ketones (excluding diaryl/α,β-unsaturated/α-hetero) is 1. The molecule has 0 spiro atoms. The lowest BCUT2D eigenvalue weighted by Crippen LogP contribution is -2.51. The summed E-state index contributed by atoms with van der Waals surface area (Å²) in [5, 5.41) is 11.3. The van der Waals surface area contributed by atoms with Crippen LogP contribution in [0, 0.1) is 10.1 Å². The van der Waals surface area contributed by atoms with Gasteiger partial charge < -0.3 is 0 Å². The topological polar surface area (TPSA) is 86.2 Å². The standard InChI is InChI=1S/C14H12N2O3.ClH/c15-14(16(18)19,12-9-5-2-6-10-12)13(17)11-7-3-1-4-8-11;/h1-10H,15H2;1H. The van der Waals surface area contributed by atoms with Gasteiger partial charge in [-0.15, -0.1) is 12.4 Å². The number of ketones is 1. The zero-order valence-corrected chi connectivity index (χ0v) is 11.2. The van der Waals surface area contributed by atoms with E-state index in [2.05, 4.69) is 0 Å². The van der Waals surface area contributed by atoms with Gasteiger partial charge in [-0.25, -0.2) is 0 Å². The molecule has 0 aliphatic rings. The lowest BCUT2D eigenvalue weighted by atomic mass is 9.92. The third kappa shape index (κ3) is 2.68. The number of carbonyl (C=O) groups excluding carboxylic acids is 1. The van der Waals surface area contributed by atoms with Gasteiger partial charge in [0.25, 0.3) is 5.78 Å². The molecule has 2 aromatic rings. The van der Waals surface area contributed by atoms with Crippen LogP contribution in [0.15, 0.2) is 60.7 Å². The molecular formula is C14H13ClN2O3. The maximum atomic E-state index is 12.3. The first kappa shape index (κ1) is 15.8. The van der Waals surface area contributed by atoms with Gasteiger partial charge in [-0.2, -0.15) is 0 Å². The van der Waals surface area contributed by atoms with E-state index < -0.39 is 16.4 Å². The molecule has 1 unspecified atom stereocenters. The minimum absolute atomic E-state index is 0. The first-order valence-corrected chi connectivity index (χ1v) is 5.65. The highest BCUT2D eigenvalue weighted by molar-refractivity contribution is 6.02. The fourth-order valence-corrected chi connectivity index (χ4v) is 1.82. The first-order valence-electron chi connectivity index (χ1n) is 5.65. The summed E-state index contributed by atoms with van der Waals surface area (Å²) in [6.07, 6.45) is 0. The van der Waals surface area contributed by atoms with Crippen LogP contribution in [0.2, 0.25) is 0 Å². The molecule has 0 amide bonds. The second kappa shape index (κ2) is 6.27. The minimum Gasteiger partial charge on any atom is -0.284 e. The van der Waals surface area contributed by atoms with Gasteiger partial charge in [0, 0.05) is 5.56 Å². The maximum Gasteiger partial charge on any atom is 0.361 e. The zero-order chi connectivity index (χ0) is 13.9. The van der Waals surface area contributed by atoms with Gasteiger partial charge in [0.1, 0.15) is 0 Å². The highest BCUT2D eigenvalue weighted by Crippen LogP contribution is 2.23. The normalized spacial score (nSPS) is 12.8. The highest BCUT2D eigenvalue weighted by Gasteiger charge is 2.49. The van der Waals surface area contributed by atoms with Crippen LogP contribution in [0.1, 0.15) is 15.9 Å². The smallest absolute Gasteiger partial charge is 0.284 e. The molecule has 0 fully saturated rings. The number of nitrogens with zero attached hydrogens (tertiary/aromatic N) is 1. The second-order valence-electron chi connectivity index (χ2n) is 4.08. The molecule has 2 rings (SSSR count). The van der Waals surface area contributed by atoms with E-state index in [1.54, 1.807) is 36.4 Å². The molecule has 0 aliphatic carbocycles. The summed E-state index contributed by atoms with van der Waals surface area (Å²) < 4.78 is 0. The molecule has 2 N–H and O–H groups in total. The molecule has 0 aromatic heterocycles. The Morgan fingerprint density at radius 2 is 1.45 bits per heavy atom. The molecule has 1 atom stereocenters. The Bertz CT molecular complexity index is 604. The molecule has 0 radical (unpaired) electrons. The number of hydrogen-bond donors (Lipinski definition) is 1. The number of nitrogens with two attached hydrogens (primary N) is 1. The third-order valence-electron chi connectivity index (χ3n) is 2.88. The Morgan fingerprint density at radius 3 is 1.90 bits per heavy atom. The van der Waals surface area contributed by atoms with E-state index in [1.807, 2.05) is 0 Å². The van der Waals surface area contributed by atoms with Crippen molar-refractivity contribution in [3.05, 3.63) is 81.9 Å². The molecule has 0 heterocycles. The van der Waals surface area contributed by atoms with E-state index in [-0.39, 0.29) is 23.5 Å². The Balaban J connectivity index is 0.00000200. The van der Waals surface area contributed by atoms with Gasteiger partial charge in [-0.3, -0.25) is 20.6 Å². The van der Waals surface area contributed by atoms with Gasteiger partial charge in [0.2, 0.25) is 0 Å². The van der Waals surface area contributed by atoms with Crippen LogP contribution in [0.4, 0.5) is 0 Å². The fourth-order valence-electron chi connectivity index (χ4n) is 1.82. The molecule has 20 heavy (non-hydrogen) atoms. The molecule has 2 aromatic carbocycles. The van der Waals surface area contributed by atoms with Gasteiger partial charge in [0.05, 0.1) is 10.5 Å². The van der Waals surface area contributed by atoms with Crippen LogP contribution in [-0.2, 0) is 5.66 Å². The SMILES string of the molecule is Cl.NC(C(=O)c1ccccc1)(c1ccccc1)[N+](=O)[O-]. The summed E-state index contributed by atoms with van der Waals surface area (Å²) >= 11 is 0. The van der Waals surface area contributed by atoms with Crippen molar-refractivity contribution in [3.8, 4) is 0 Å². The number of hydrogen-bond acceptors (Lipinski definition) is 4. The molecule has 6 heteroatoms. The molecule has 0 aliphatic heterocycles. The molecule has 104 valence electrons. The van der Waals surface area contributed by atoms with Crippen molar-refractivity contribution in [2.24, 2.45) is 5.73 Å². The van der Waals surface area contributed by atoms with E-state index in [9.17, 15) is 14.9 Å². The van der Waals surface area contributed by atoms with Crippen LogP contribution < -0.4 is 5.73 Å². The summed E-state index contributed by atoms with van der Waals surface area (Å²) in [6, 6.07) is 15.9. The van der Waals surface area contributed by atoms with Crippen molar-refractivity contribution in [1.82, 2.24) is 0 Å². The van der Waals surface area contributed by atoms with Gasteiger partial charge in [-0.05, 0) is 12.1 Å². The Hall–Kier alpha value is -2.24. The van der Waals surface area contributed by atoms with Crippen molar-refractivity contribution in [2.45, 2.75) is 5.66 Å². The summed E-state index contributed by atoms with van der Waals surface area (Å²) in [7, 11) is 0. The molecular weight excluding hydrogens is 280 g/mol. The highest BCUT2D eigenvalue weighted by atomic mass is 35.5. The van der Waals surface area contributed by atoms with Crippen molar-refractivity contribution in [3.63, 3.8) is 0 Å². The Labute approximate surface area is 122 Å². The summed E-state index contributed by atoms with van der Waals surface area (Å²) in [5.74, 6) is -0.732. The molecule has 0 saturated heterocycles. The summed E-state index contributed by atoms with van der Waals surface area (Å²) in [5.41, 5.74) is 3.90. The van der Waals surface area contributed by atoms with Gasteiger partial charge in [0.15, 0.2) is 0 Å². The predicted octanol–water partition coefficient (Wildman–Crippen LogP) is 2.38. The van der Waals surface area contributed by atoms with Gasteiger partial charge >= 0.3 is 5.66 Å². The Kier molecular flexibility index (Phi) is 4.96. The number of nitro groups is 1. The zero-order valence-electron chi connectivity index (χ0n) is 10.4. The van der Waals surface area contributed by atoms with Crippen LogP contribution >= 0.6 is 12.4 Å². The predicted molar refractivity (Wildman–Crippen MR) is 77.3 cm³/mol. The van der Waals surface area contributed by atoms with E-state index >= 15 is 0 Å².